The zero-order valence-corrected chi connectivity index (χ0v) is 13.1. The fourth-order valence-electron chi connectivity index (χ4n) is 1.23. The summed E-state index contributed by atoms with van der Waals surface area (Å²) in [5.74, 6) is 5.51. The Balaban J connectivity index is 2.69. The van der Waals surface area contributed by atoms with Gasteiger partial charge in [0.25, 0.3) is 0 Å². The minimum absolute atomic E-state index is 0.0811. The lowest BCUT2D eigenvalue weighted by Gasteiger charge is -2.12. The van der Waals surface area contributed by atoms with Crippen LogP contribution in [0.25, 0.3) is 0 Å². The van der Waals surface area contributed by atoms with E-state index in [4.69, 9.17) is 10.6 Å². The number of hydrogen-bond acceptors (Lipinski definition) is 9. The fourth-order valence-corrected chi connectivity index (χ4v) is 1.96. The highest BCUT2D eigenvalue weighted by Gasteiger charge is 2.13. The standard InChI is InChI=1S/C10H21N7O3S/c1-4-6-20-10-14-8(13-9(15-10)16-11)12-5-7-21(18,19)17(2)3/h4-7,11H2,1-3H3,(H2,12,13,14,15,16). The predicted octanol–water partition coefficient (Wildman–Crippen LogP) is -0.751. The second-order valence-electron chi connectivity index (χ2n) is 4.28. The van der Waals surface area contributed by atoms with Gasteiger partial charge in [-0.2, -0.15) is 15.0 Å². The summed E-state index contributed by atoms with van der Waals surface area (Å²) in [5, 5.41) is 2.80. The zero-order valence-electron chi connectivity index (χ0n) is 12.3. The third-order valence-electron chi connectivity index (χ3n) is 2.38. The van der Waals surface area contributed by atoms with Gasteiger partial charge < -0.3 is 10.1 Å². The van der Waals surface area contributed by atoms with E-state index in [9.17, 15) is 8.42 Å². The number of sulfonamides is 1. The maximum atomic E-state index is 11.6. The van der Waals surface area contributed by atoms with Crippen molar-refractivity contribution in [2.45, 2.75) is 13.3 Å². The number of anilines is 2. The van der Waals surface area contributed by atoms with E-state index >= 15 is 0 Å². The van der Waals surface area contributed by atoms with Gasteiger partial charge in [0, 0.05) is 20.6 Å². The summed E-state index contributed by atoms with van der Waals surface area (Å²) in [5.41, 5.74) is 2.30. The molecular formula is C10H21N7O3S. The van der Waals surface area contributed by atoms with E-state index in [-0.39, 0.29) is 30.2 Å². The summed E-state index contributed by atoms with van der Waals surface area (Å²) in [6.45, 7) is 2.57. The van der Waals surface area contributed by atoms with Gasteiger partial charge in [-0.05, 0) is 6.42 Å². The van der Waals surface area contributed by atoms with Crippen molar-refractivity contribution in [2.75, 3.05) is 43.7 Å². The Bertz CT molecular complexity index is 550. The number of ether oxygens (including phenoxy) is 1. The van der Waals surface area contributed by atoms with Crippen molar-refractivity contribution >= 4 is 21.9 Å². The van der Waals surface area contributed by atoms with Crippen molar-refractivity contribution in [2.24, 2.45) is 5.84 Å². The third kappa shape index (κ3) is 5.65. The van der Waals surface area contributed by atoms with Crippen LogP contribution >= 0.6 is 0 Å². The van der Waals surface area contributed by atoms with E-state index < -0.39 is 10.0 Å². The van der Waals surface area contributed by atoms with Gasteiger partial charge >= 0.3 is 6.01 Å². The highest BCUT2D eigenvalue weighted by Crippen LogP contribution is 2.10. The molecule has 0 spiro atoms. The van der Waals surface area contributed by atoms with Crippen LogP contribution in [0.3, 0.4) is 0 Å². The van der Waals surface area contributed by atoms with Crippen LogP contribution in [0, 0.1) is 0 Å². The molecule has 0 saturated carbocycles. The Morgan fingerprint density at radius 1 is 1.24 bits per heavy atom. The quantitative estimate of drug-likeness (QED) is 0.396. The first-order valence-corrected chi connectivity index (χ1v) is 7.99. The molecule has 10 nitrogen and oxygen atoms in total. The lowest BCUT2D eigenvalue weighted by atomic mass is 10.5. The molecule has 0 aliphatic heterocycles. The topological polar surface area (TPSA) is 135 Å². The first-order valence-electron chi connectivity index (χ1n) is 6.38. The SMILES string of the molecule is CCCOc1nc(NN)nc(NCCS(=O)(=O)N(C)C)n1. The lowest BCUT2D eigenvalue weighted by Crippen LogP contribution is -2.28. The number of nitrogens with one attached hydrogen (secondary N) is 2. The molecule has 0 aliphatic carbocycles. The Hall–Kier alpha value is -1.72. The summed E-state index contributed by atoms with van der Waals surface area (Å²) in [6.07, 6.45) is 0.806. The van der Waals surface area contributed by atoms with Crippen LogP contribution in [0.4, 0.5) is 11.9 Å². The normalized spacial score (nSPS) is 11.5. The van der Waals surface area contributed by atoms with Gasteiger partial charge in [0.15, 0.2) is 0 Å². The maximum absolute atomic E-state index is 11.6. The van der Waals surface area contributed by atoms with Gasteiger partial charge in [-0.1, -0.05) is 6.92 Å². The third-order valence-corrected chi connectivity index (χ3v) is 4.21. The molecule has 0 fully saturated rings. The molecule has 0 atom stereocenters. The predicted molar refractivity (Wildman–Crippen MR) is 79.4 cm³/mol. The molecule has 1 rings (SSSR count). The molecule has 0 unspecified atom stereocenters. The molecule has 0 saturated heterocycles. The van der Waals surface area contributed by atoms with E-state index in [2.05, 4.69) is 25.7 Å². The Morgan fingerprint density at radius 3 is 2.48 bits per heavy atom. The van der Waals surface area contributed by atoms with E-state index in [1.807, 2.05) is 6.92 Å². The molecule has 120 valence electrons. The molecule has 0 amide bonds. The summed E-state index contributed by atoms with van der Waals surface area (Å²) in [4.78, 5) is 11.9. The van der Waals surface area contributed by atoms with E-state index in [0.717, 1.165) is 10.7 Å². The van der Waals surface area contributed by atoms with E-state index in [1.54, 1.807) is 0 Å². The van der Waals surface area contributed by atoms with Crippen molar-refractivity contribution < 1.29 is 13.2 Å². The Morgan fingerprint density at radius 2 is 1.90 bits per heavy atom. The summed E-state index contributed by atoms with van der Waals surface area (Å²) in [7, 11) is -0.325. The monoisotopic (exact) mass is 319 g/mol. The van der Waals surface area contributed by atoms with Crippen molar-refractivity contribution in [1.82, 2.24) is 19.3 Å². The summed E-state index contributed by atoms with van der Waals surface area (Å²) < 4.78 is 29.7. The highest BCUT2D eigenvalue weighted by molar-refractivity contribution is 7.89. The average Bonchev–Trinajstić information content (AvgIpc) is 2.44. The Kier molecular flexibility index (Phi) is 6.52. The van der Waals surface area contributed by atoms with Crippen molar-refractivity contribution in [3.05, 3.63) is 0 Å². The minimum Gasteiger partial charge on any atom is -0.463 e. The lowest BCUT2D eigenvalue weighted by molar-refractivity contribution is 0.292. The van der Waals surface area contributed by atoms with Gasteiger partial charge in [-0.25, -0.2) is 18.6 Å². The first kappa shape index (κ1) is 17.3. The molecule has 1 aromatic heterocycles. The molecule has 4 N–H and O–H groups in total. The highest BCUT2D eigenvalue weighted by atomic mass is 32.2. The molecule has 21 heavy (non-hydrogen) atoms. The van der Waals surface area contributed by atoms with E-state index in [1.165, 1.54) is 14.1 Å². The van der Waals surface area contributed by atoms with Crippen LogP contribution in [-0.4, -0.2) is 60.7 Å². The average molecular weight is 319 g/mol. The molecule has 1 heterocycles. The largest absolute Gasteiger partial charge is 0.463 e. The van der Waals surface area contributed by atoms with Crippen molar-refractivity contribution in [3.8, 4) is 6.01 Å². The molecule has 0 aromatic carbocycles. The van der Waals surface area contributed by atoms with Gasteiger partial charge in [0.05, 0.1) is 12.4 Å². The number of hydrogen-bond donors (Lipinski definition) is 3. The van der Waals surface area contributed by atoms with Crippen LogP contribution < -0.4 is 21.3 Å². The number of nitrogens with zero attached hydrogens (tertiary/aromatic N) is 4. The number of hydrazine groups is 1. The van der Waals surface area contributed by atoms with Crippen LogP contribution in [0.15, 0.2) is 0 Å². The second kappa shape index (κ2) is 7.90. The molecule has 0 radical (unpaired) electrons. The molecule has 11 heteroatoms. The van der Waals surface area contributed by atoms with Gasteiger partial charge in [0.2, 0.25) is 21.9 Å². The van der Waals surface area contributed by atoms with E-state index in [0.29, 0.717) is 6.61 Å². The number of aromatic nitrogens is 3. The number of nitrogen functional groups attached to an aromatic ring is 1. The van der Waals surface area contributed by atoms with Crippen LogP contribution in [0.2, 0.25) is 0 Å². The number of nitrogens with two attached hydrogens (primary N) is 1. The molecule has 0 aliphatic rings. The van der Waals surface area contributed by atoms with Crippen LogP contribution in [0.5, 0.6) is 6.01 Å². The van der Waals surface area contributed by atoms with Gasteiger partial charge in [-0.15, -0.1) is 0 Å². The van der Waals surface area contributed by atoms with Crippen molar-refractivity contribution in [3.63, 3.8) is 0 Å². The first-order chi connectivity index (χ1) is 9.89. The van der Waals surface area contributed by atoms with Gasteiger partial charge in [-0.3, -0.25) is 5.43 Å². The fraction of sp³-hybridized carbons (Fsp3) is 0.700. The van der Waals surface area contributed by atoms with Crippen molar-refractivity contribution in [1.29, 1.82) is 0 Å². The minimum atomic E-state index is -3.28. The zero-order chi connectivity index (χ0) is 15.9. The maximum Gasteiger partial charge on any atom is 0.323 e. The molecule has 1 aromatic rings. The number of rotatable bonds is 9. The second-order valence-corrected chi connectivity index (χ2v) is 6.59. The molecule has 0 bridgehead atoms. The van der Waals surface area contributed by atoms with Crippen LogP contribution in [-0.2, 0) is 10.0 Å². The van der Waals surface area contributed by atoms with Crippen LogP contribution in [0.1, 0.15) is 13.3 Å². The smallest absolute Gasteiger partial charge is 0.323 e. The van der Waals surface area contributed by atoms with Gasteiger partial charge in [0.1, 0.15) is 0 Å². The molecular weight excluding hydrogens is 298 g/mol. The summed E-state index contributed by atoms with van der Waals surface area (Å²) in [6, 6.07) is 0.123. The Labute approximate surface area is 124 Å². The summed E-state index contributed by atoms with van der Waals surface area (Å²) >= 11 is 0.